The smallest absolute Gasteiger partial charge is 0.127 e. The number of halogens is 3. The number of nitrogens with zero attached hydrogens (tertiary/aromatic N) is 2. The maximum absolute atomic E-state index is 6.36. The predicted octanol–water partition coefficient (Wildman–Crippen LogP) is 6.06. The zero-order valence-corrected chi connectivity index (χ0v) is 15.2. The highest BCUT2D eigenvalue weighted by Crippen LogP contribution is 2.30. The Morgan fingerprint density at radius 3 is 2.81 bits per heavy atom. The maximum Gasteiger partial charge on any atom is 0.127 e. The first-order valence-electron chi connectivity index (χ1n) is 6.59. The molecule has 0 N–H and O–H groups in total. The zero-order valence-electron chi connectivity index (χ0n) is 11.3. The van der Waals surface area contributed by atoms with Crippen LogP contribution >= 0.6 is 50.5 Å². The van der Waals surface area contributed by atoms with Gasteiger partial charge in [0.25, 0.3) is 0 Å². The molecule has 0 spiro atoms. The lowest BCUT2D eigenvalue weighted by atomic mass is 10.3. The summed E-state index contributed by atoms with van der Waals surface area (Å²) in [4.78, 5) is 5.95. The number of hydrogen-bond donors (Lipinski definition) is 0. The molecular formula is C15H13BrCl2N2S. The monoisotopic (exact) mass is 402 g/mol. The van der Waals surface area contributed by atoms with Gasteiger partial charge in [-0.3, -0.25) is 0 Å². The van der Waals surface area contributed by atoms with E-state index in [4.69, 9.17) is 23.2 Å². The summed E-state index contributed by atoms with van der Waals surface area (Å²) in [5.41, 5.74) is 1.87. The van der Waals surface area contributed by atoms with E-state index in [1.807, 2.05) is 25.1 Å². The van der Waals surface area contributed by atoms with E-state index in [2.05, 4.69) is 37.6 Å². The van der Waals surface area contributed by atoms with Crippen LogP contribution in [0.5, 0.6) is 0 Å². The topological polar surface area (TPSA) is 17.8 Å². The van der Waals surface area contributed by atoms with Crippen molar-refractivity contribution in [3.63, 3.8) is 0 Å². The van der Waals surface area contributed by atoms with E-state index in [9.17, 15) is 0 Å². The third-order valence-electron chi connectivity index (χ3n) is 3.31. The van der Waals surface area contributed by atoms with E-state index in [1.54, 1.807) is 11.3 Å². The second-order valence-corrected chi connectivity index (χ2v) is 8.41. The highest BCUT2D eigenvalue weighted by Gasteiger charge is 2.16. The number of rotatable bonds is 4. The van der Waals surface area contributed by atoms with Gasteiger partial charge in [-0.05, 0) is 53.5 Å². The molecule has 0 amide bonds. The van der Waals surface area contributed by atoms with Crippen molar-refractivity contribution in [2.24, 2.45) is 0 Å². The van der Waals surface area contributed by atoms with E-state index >= 15 is 0 Å². The lowest BCUT2D eigenvalue weighted by molar-refractivity contribution is 0.672. The molecule has 3 aromatic rings. The van der Waals surface area contributed by atoms with Crippen LogP contribution in [0.4, 0.5) is 0 Å². The zero-order chi connectivity index (χ0) is 15.0. The van der Waals surface area contributed by atoms with Crippen LogP contribution in [-0.4, -0.2) is 9.55 Å². The van der Waals surface area contributed by atoms with Crippen LogP contribution in [-0.2, 0) is 13.0 Å². The van der Waals surface area contributed by atoms with E-state index in [-0.39, 0.29) is 5.38 Å². The quantitative estimate of drug-likeness (QED) is 0.484. The average molecular weight is 404 g/mol. The number of alkyl halides is 1. The largest absolute Gasteiger partial charge is 0.325 e. The van der Waals surface area contributed by atoms with E-state index in [1.165, 1.54) is 4.88 Å². The first kappa shape index (κ1) is 15.3. The minimum Gasteiger partial charge on any atom is -0.325 e. The first-order valence-corrected chi connectivity index (χ1v) is 9.01. The van der Waals surface area contributed by atoms with Gasteiger partial charge >= 0.3 is 0 Å². The third kappa shape index (κ3) is 3.14. The SMILES string of the molecule is CC(Cl)c1nc2cccc(Cl)c2n1CCc1ccc(Br)s1. The Morgan fingerprint density at radius 2 is 2.14 bits per heavy atom. The summed E-state index contributed by atoms with van der Waals surface area (Å²) in [5, 5.41) is 0.569. The molecule has 110 valence electrons. The lowest BCUT2D eigenvalue weighted by Crippen LogP contribution is -2.06. The molecule has 21 heavy (non-hydrogen) atoms. The van der Waals surface area contributed by atoms with Gasteiger partial charge in [0.05, 0.1) is 25.2 Å². The van der Waals surface area contributed by atoms with Gasteiger partial charge in [0, 0.05) is 11.4 Å². The van der Waals surface area contributed by atoms with Crippen LogP contribution in [0.3, 0.4) is 0 Å². The van der Waals surface area contributed by atoms with Crippen LogP contribution in [0.2, 0.25) is 5.02 Å². The number of aryl methyl sites for hydroxylation is 2. The van der Waals surface area contributed by atoms with Crippen LogP contribution in [0.25, 0.3) is 11.0 Å². The molecule has 0 aliphatic heterocycles. The Hall–Kier alpha value is -0.550. The Bertz CT molecular complexity index is 779. The summed E-state index contributed by atoms with van der Waals surface area (Å²) < 4.78 is 3.29. The fourth-order valence-electron chi connectivity index (χ4n) is 2.40. The molecule has 0 saturated carbocycles. The Labute approximate surface area is 145 Å². The van der Waals surface area contributed by atoms with Crippen molar-refractivity contribution in [3.8, 4) is 0 Å². The fraction of sp³-hybridized carbons (Fsp3) is 0.267. The van der Waals surface area contributed by atoms with Gasteiger partial charge in [-0.1, -0.05) is 17.7 Å². The van der Waals surface area contributed by atoms with Crippen molar-refractivity contribution in [1.29, 1.82) is 0 Å². The number of para-hydroxylation sites is 1. The minimum atomic E-state index is -0.150. The number of hydrogen-bond acceptors (Lipinski definition) is 2. The molecule has 0 radical (unpaired) electrons. The Balaban J connectivity index is 2.00. The predicted molar refractivity (Wildman–Crippen MR) is 94.7 cm³/mol. The number of benzene rings is 1. The third-order valence-corrected chi connectivity index (χ3v) is 5.50. The van der Waals surface area contributed by atoms with Crippen LogP contribution in [0.15, 0.2) is 34.1 Å². The number of thiophene rings is 1. The van der Waals surface area contributed by atoms with Crippen LogP contribution in [0.1, 0.15) is 23.0 Å². The van der Waals surface area contributed by atoms with Gasteiger partial charge in [0.2, 0.25) is 0 Å². The normalized spacial score (nSPS) is 13.0. The molecule has 3 rings (SSSR count). The number of imidazole rings is 1. The summed E-state index contributed by atoms with van der Waals surface area (Å²) in [7, 11) is 0. The maximum atomic E-state index is 6.36. The molecule has 1 atom stereocenters. The highest BCUT2D eigenvalue weighted by molar-refractivity contribution is 9.11. The van der Waals surface area contributed by atoms with Crippen molar-refractivity contribution in [3.05, 3.63) is 49.8 Å². The van der Waals surface area contributed by atoms with Gasteiger partial charge in [-0.15, -0.1) is 22.9 Å². The van der Waals surface area contributed by atoms with E-state index in [0.29, 0.717) is 0 Å². The molecule has 2 nitrogen and oxygen atoms in total. The van der Waals surface area contributed by atoms with Crippen molar-refractivity contribution in [2.75, 3.05) is 0 Å². The first-order chi connectivity index (χ1) is 10.1. The van der Waals surface area contributed by atoms with E-state index < -0.39 is 0 Å². The van der Waals surface area contributed by atoms with Crippen molar-refractivity contribution in [1.82, 2.24) is 9.55 Å². The lowest BCUT2D eigenvalue weighted by Gasteiger charge is -2.10. The molecule has 2 heterocycles. The van der Waals surface area contributed by atoms with Gasteiger partial charge < -0.3 is 4.57 Å². The minimum absolute atomic E-state index is 0.150. The molecular weight excluding hydrogens is 391 g/mol. The van der Waals surface area contributed by atoms with Crippen molar-refractivity contribution >= 4 is 61.5 Å². The molecule has 6 heteroatoms. The Kier molecular flexibility index (Phi) is 4.60. The fourth-order valence-corrected chi connectivity index (χ4v) is 4.31. The summed E-state index contributed by atoms with van der Waals surface area (Å²) in [5.74, 6) is 0.871. The average Bonchev–Trinajstić information content (AvgIpc) is 3.01. The van der Waals surface area contributed by atoms with Gasteiger partial charge in [-0.25, -0.2) is 4.98 Å². The molecule has 0 aliphatic rings. The molecule has 0 bridgehead atoms. The Morgan fingerprint density at radius 1 is 1.33 bits per heavy atom. The highest BCUT2D eigenvalue weighted by atomic mass is 79.9. The molecule has 1 unspecified atom stereocenters. The summed E-state index contributed by atoms with van der Waals surface area (Å²) in [6.45, 7) is 2.76. The number of aromatic nitrogens is 2. The van der Waals surface area contributed by atoms with Crippen LogP contribution < -0.4 is 0 Å². The summed E-state index contributed by atoms with van der Waals surface area (Å²) >= 11 is 17.9. The summed E-state index contributed by atoms with van der Waals surface area (Å²) in [6.07, 6.45) is 0.934. The number of fused-ring (bicyclic) bond motifs is 1. The van der Waals surface area contributed by atoms with Crippen LogP contribution in [0, 0.1) is 0 Å². The van der Waals surface area contributed by atoms with Crippen molar-refractivity contribution in [2.45, 2.75) is 25.3 Å². The molecule has 0 fully saturated rings. The standard InChI is InChI=1S/C15H13BrCl2N2S/c1-9(17)15-19-12-4-2-3-11(18)14(12)20(15)8-7-10-5-6-13(16)21-10/h2-6,9H,7-8H2,1H3. The van der Waals surface area contributed by atoms with Gasteiger partial charge in [-0.2, -0.15) is 0 Å². The molecule has 1 aromatic carbocycles. The second kappa shape index (κ2) is 6.29. The van der Waals surface area contributed by atoms with Gasteiger partial charge in [0.1, 0.15) is 5.82 Å². The van der Waals surface area contributed by atoms with Gasteiger partial charge in [0.15, 0.2) is 0 Å². The van der Waals surface area contributed by atoms with Crippen molar-refractivity contribution < 1.29 is 0 Å². The summed E-state index contributed by atoms with van der Waals surface area (Å²) in [6, 6.07) is 10.00. The second-order valence-electron chi connectivity index (χ2n) is 4.80. The molecule has 0 aliphatic carbocycles. The molecule has 0 saturated heterocycles. The van der Waals surface area contributed by atoms with E-state index in [0.717, 1.165) is 38.6 Å². The molecule has 2 aromatic heterocycles.